The highest BCUT2D eigenvalue weighted by Gasteiger charge is 2.23. The van der Waals surface area contributed by atoms with E-state index in [4.69, 9.17) is 4.98 Å². The molecule has 174 valence electrons. The molecule has 0 spiro atoms. The maximum absolute atomic E-state index is 14.1. The third-order valence-corrected chi connectivity index (χ3v) is 7.12. The van der Waals surface area contributed by atoms with Crippen molar-refractivity contribution < 1.29 is 9.18 Å². The number of benzene rings is 2. The number of aromatic amines is 1. The summed E-state index contributed by atoms with van der Waals surface area (Å²) in [5.41, 5.74) is 3.25. The Morgan fingerprint density at radius 3 is 2.50 bits per heavy atom. The first kappa shape index (κ1) is 22.2. The Balaban J connectivity index is 1.29. The van der Waals surface area contributed by atoms with Crippen LogP contribution in [0.25, 0.3) is 22.2 Å². The summed E-state index contributed by atoms with van der Waals surface area (Å²) in [5, 5.41) is 0.493. The van der Waals surface area contributed by atoms with Crippen molar-refractivity contribution in [1.82, 2.24) is 19.4 Å². The Morgan fingerprint density at radius 2 is 1.76 bits per heavy atom. The molecule has 0 atom stereocenters. The number of aromatic nitrogens is 3. The highest BCUT2D eigenvalue weighted by atomic mass is 32.2. The number of carbonyl (C=O) groups excluding carboxylic acids is 1. The number of rotatable bonds is 5. The number of amides is 1. The van der Waals surface area contributed by atoms with Crippen molar-refractivity contribution in [3.05, 3.63) is 77.0 Å². The van der Waals surface area contributed by atoms with E-state index in [1.54, 1.807) is 30.3 Å². The van der Waals surface area contributed by atoms with Gasteiger partial charge in [0.2, 0.25) is 5.91 Å². The van der Waals surface area contributed by atoms with Gasteiger partial charge in [0.15, 0.2) is 5.16 Å². The number of para-hydroxylation sites is 1. The highest BCUT2D eigenvalue weighted by Crippen LogP contribution is 2.27. The third-order valence-electron chi connectivity index (χ3n) is 6.10. The second kappa shape index (κ2) is 9.34. The number of hydrogen-bond acceptors (Lipinski definition) is 5. The van der Waals surface area contributed by atoms with Crippen molar-refractivity contribution in [2.24, 2.45) is 7.05 Å². The number of fused-ring (bicyclic) bond motifs is 1. The van der Waals surface area contributed by atoms with Crippen LogP contribution in [-0.4, -0.2) is 57.3 Å². The summed E-state index contributed by atoms with van der Waals surface area (Å²) in [4.78, 5) is 37.3. The van der Waals surface area contributed by atoms with Crippen LogP contribution >= 0.6 is 11.8 Å². The Bertz CT molecular complexity index is 1390. The van der Waals surface area contributed by atoms with Crippen LogP contribution in [0.1, 0.15) is 0 Å². The molecule has 0 radical (unpaired) electrons. The Morgan fingerprint density at radius 1 is 1.06 bits per heavy atom. The maximum Gasteiger partial charge on any atom is 0.278 e. The van der Waals surface area contributed by atoms with Crippen LogP contribution in [0, 0.1) is 5.82 Å². The molecule has 1 amide bonds. The van der Waals surface area contributed by atoms with Gasteiger partial charge < -0.3 is 14.8 Å². The number of halogens is 1. The van der Waals surface area contributed by atoms with E-state index in [1.165, 1.54) is 22.4 Å². The number of carbonyl (C=O) groups is 1. The minimum Gasteiger partial charge on any atom is -0.366 e. The van der Waals surface area contributed by atoms with E-state index in [1.807, 2.05) is 41.3 Å². The molecule has 1 N–H and O–H groups in total. The number of piperazine rings is 1. The van der Waals surface area contributed by atoms with Crippen LogP contribution in [0.2, 0.25) is 0 Å². The molecule has 1 saturated heterocycles. The van der Waals surface area contributed by atoms with Crippen molar-refractivity contribution in [1.29, 1.82) is 0 Å². The molecule has 1 aliphatic heterocycles. The van der Waals surface area contributed by atoms with Gasteiger partial charge in [-0.15, -0.1) is 0 Å². The molecule has 7 nitrogen and oxygen atoms in total. The minimum atomic E-state index is -0.250. The maximum atomic E-state index is 14.1. The summed E-state index contributed by atoms with van der Waals surface area (Å²) in [6.45, 7) is 2.19. The number of thioether (sulfide) groups is 1. The average Bonchev–Trinajstić information content (AvgIpc) is 3.30. The summed E-state index contributed by atoms with van der Waals surface area (Å²) in [6.07, 6.45) is 1.79. The molecule has 3 heterocycles. The van der Waals surface area contributed by atoms with Crippen molar-refractivity contribution in [2.75, 3.05) is 36.8 Å². The van der Waals surface area contributed by atoms with Gasteiger partial charge in [-0.1, -0.05) is 54.2 Å². The quantitative estimate of drug-likeness (QED) is 0.352. The molecule has 34 heavy (non-hydrogen) atoms. The van der Waals surface area contributed by atoms with Gasteiger partial charge in [-0.3, -0.25) is 14.2 Å². The summed E-state index contributed by atoms with van der Waals surface area (Å²) >= 11 is 1.26. The van der Waals surface area contributed by atoms with Gasteiger partial charge in [-0.05, 0) is 17.7 Å². The first-order valence-electron chi connectivity index (χ1n) is 11.1. The third kappa shape index (κ3) is 4.19. The van der Waals surface area contributed by atoms with Crippen molar-refractivity contribution in [2.45, 2.75) is 5.16 Å². The Hall–Kier alpha value is -3.59. The smallest absolute Gasteiger partial charge is 0.278 e. The second-order valence-electron chi connectivity index (χ2n) is 8.16. The summed E-state index contributed by atoms with van der Waals surface area (Å²) in [7, 11) is 1.66. The van der Waals surface area contributed by atoms with Crippen LogP contribution in [0.15, 0.2) is 70.7 Å². The van der Waals surface area contributed by atoms with Gasteiger partial charge >= 0.3 is 0 Å². The molecule has 1 aliphatic rings. The lowest BCUT2D eigenvalue weighted by Gasteiger charge is -2.36. The zero-order valence-corrected chi connectivity index (χ0v) is 19.5. The fraction of sp³-hybridized carbons (Fsp3) is 0.240. The Kier molecular flexibility index (Phi) is 6.10. The van der Waals surface area contributed by atoms with E-state index < -0.39 is 0 Å². The van der Waals surface area contributed by atoms with E-state index in [2.05, 4.69) is 4.98 Å². The van der Waals surface area contributed by atoms with Crippen molar-refractivity contribution >= 4 is 34.4 Å². The predicted molar refractivity (Wildman–Crippen MR) is 133 cm³/mol. The molecule has 0 aliphatic carbocycles. The van der Waals surface area contributed by atoms with Gasteiger partial charge in [0.1, 0.15) is 16.9 Å². The summed E-state index contributed by atoms with van der Waals surface area (Å²) in [6, 6.07) is 16.5. The topological polar surface area (TPSA) is 74.2 Å². The van der Waals surface area contributed by atoms with E-state index >= 15 is 0 Å². The van der Waals surface area contributed by atoms with E-state index in [9.17, 15) is 14.0 Å². The molecule has 9 heteroatoms. The highest BCUT2D eigenvalue weighted by molar-refractivity contribution is 7.99. The summed E-state index contributed by atoms with van der Waals surface area (Å²) < 4.78 is 15.5. The minimum absolute atomic E-state index is 0.0233. The molecule has 0 saturated carbocycles. The number of anilines is 1. The van der Waals surface area contributed by atoms with Crippen LogP contribution in [0.5, 0.6) is 0 Å². The molecular weight excluding hydrogens is 453 g/mol. The standard InChI is InChI=1S/C25H24FN5O2S/c1-29-24(33)23-22(18(15-27-23)17-7-3-2-4-8-17)28-25(29)34-16-21(32)31-13-11-30(12-14-31)20-10-6-5-9-19(20)26/h2-10,15,27H,11-14,16H2,1H3. The lowest BCUT2D eigenvalue weighted by atomic mass is 10.1. The van der Waals surface area contributed by atoms with Gasteiger partial charge in [0, 0.05) is 45.0 Å². The average molecular weight is 478 g/mol. The van der Waals surface area contributed by atoms with E-state index in [0.29, 0.717) is 48.1 Å². The van der Waals surface area contributed by atoms with E-state index in [0.717, 1.165) is 11.1 Å². The van der Waals surface area contributed by atoms with Crippen molar-refractivity contribution in [3.63, 3.8) is 0 Å². The number of nitrogens with zero attached hydrogens (tertiary/aromatic N) is 4. The Labute approximate surface area is 200 Å². The molecule has 1 fully saturated rings. The monoisotopic (exact) mass is 477 g/mol. The molecule has 0 unspecified atom stereocenters. The fourth-order valence-corrected chi connectivity index (χ4v) is 5.08. The predicted octanol–water partition coefficient (Wildman–Crippen LogP) is 3.51. The van der Waals surface area contributed by atoms with Gasteiger partial charge in [-0.2, -0.15) is 0 Å². The molecule has 0 bridgehead atoms. The van der Waals surface area contributed by atoms with Crippen LogP contribution in [-0.2, 0) is 11.8 Å². The van der Waals surface area contributed by atoms with Crippen LogP contribution < -0.4 is 10.5 Å². The molecule has 2 aromatic heterocycles. The zero-order chi connectivity index (χ0) is 23.7. The number of hydrogen-bond donors (Lipinski definition) is 1. The van der Waals surface area contributed by atoms with Crippen LogP contribution in [0.4, 0.5) is 10.1 Å². The first-order valence-corrected chi connectivity index (χ1v) is 12.0. The normalized spacial score (nSPS) is 14.1. The SMILES string of the molecule is Cn1c(SCC(=O)N2CCN(c3ccccc3F)CC2)nc2c(-c3ccccc3)c[nH]c2c1=O. The van der Waals surface area contributed by atoms with Crippen molar-refractivity contribution in [3.8, 4) is 11.1 Å². The summed E-state index contributed by atoms with van der Waals surface area (Å²) in [5.74, 6) is -0.0962. The molecule has 2 aromatic carbocycles. The number of nitrogens with one attached hydrogen (secondary N) is 1. The van der Waals surface area contributed by atoms with Gasteiger partial charge in [-0.25, -0.2) is 9.37 Å². The first-order chi connectivity index (χ1) is 16.5. The second-order valence-corrected chi connectivity index (χ2v) is 9.10. The molecule has 5 rings (SSSR count). The largest absolute Gasteiger partial charge is 0.366 e. The lowest BCUT2D eigenvalue weighted by Crippen LogP contribution is -2.49. The molecule has 4 aromatic rings. The van der Waals surface area contributed by atoms with Gasteiger partial charge in [0.05, 0.1) is 11.4 Å². The lowest BCUT2D eigenvalue weighted by molar-refractivity contribution is -0.128. The van der Waals surface area contributed by atoms with Gasteiger partial charge in [0.25, 0.3) is 5.56 Å². The van der Waals surface area contributed by atoms with E-state index in [-0.39, 0.29) is 23.0 Å². The number of H-pyrrole nitrogens is 1. The zero-order valence-electron chi connectivity index (χ0n) is 18.7. The molecular formula is C25H24FN5O2S. The fourth-order valence-electron chi connectivity index (χ4n) is 4.21. The van der Waals surface area contributed by atoms with Crippen LogP contribution in [0.3, 0.4) is 0 Å².